The number of carbonyl (C=O) groups excluding carboxylic acids is 3. The minimum absolute atomic E-state index is 0.0357. The first-order valence-electron chi connectivity index (χ1n) is 13.5. The van der Waals surface area contributed by atoms with Gasteiger partial charge in [0, 0.05) is 25.8 Å². The molecule has 1 aromatic rings. The number of hydrogen-bond donors (Lipinski definition) is 3. The molecule has 2 fully saturated rings. The molecule has 3 atom stereocenters. The molecule has 0 bridgehead atoms. The summed E-state index contributed by atoms with van der Waals surface area (Å²) >= 11 is 0. The molecule has 3 aliphatic rings. The Morgan fingerprint density at radius 2 is 1.89 bits per heavy atom. The summed E-state index contributed by atoms with van der Waals surface area (Å²) in [5.74, 6) is 0.915. The highest BCUT2D eigenvalue weighted by Crippen LogP contribution is 2.32. The lowest BCUT2D eigenvalue weighted by molar-refractivity contribution is -0.134. The van der Waals surface area contributed by atoms with Crippen LogP contribution >= 0.6 is 0 Å². The van der Waals surface area contributed by atoms with Crippen molar-refractivity contribution in [3.63, 3.8) is 0 Å². The fourth-order valence-corrected chi connectivity index (χ4v) is 5.45. The van der Waals surface area contributed by atoms with Crippen molar-refractivity contribution in [1.29, 1.82) is 0 Å². The van der Waals surface area contributed by atoms with Gasteiger partial charge in [0.05, 0.1) is 24.1 Å². The highest BCUT2D eigenvalue weighted by atomic mass is 16.5. The van der Waals surface area contributed by atoms with Gasteiger partial charge in [-0.3, -0.25) is 9.59 Å². The van der Waals surface area contributed by atoms with Crippen LogP contribution in [-0.4, -0.2) is 67.7 Å². The van der Waals surface area contributed by atoms with Gasteiger partial charge in [-0.15, -0.1) is 0 Å². The highest BCUT2D eigenvalue weighted by molar-refractivity contribution is 5.99. The number of urea groups is 1. The Balaban J connectivity index is 1.34. The first-order valence-corrected chi connectivity index (χ1v) is 13.5. The molecule has 198 valence electrons. The molecule has 2 aliphatic heterocycles. The van der Waals surface area contributed by atoms with E-state index in [1.807, 2.05) is 6.92 Å². The number of amides is 4. The third kappa shape index (κ3) is 6.69. The third-order valence-corrected chi connectivity index (χ3v) is 7.53. The number of ether oxygens (including phenoxy) is 2. The van der Waals surface area contributed by atoms with Crippen LogP contribution in [0.4, 0.5) is 10.5 Å². The summed E-state index contributed by atoms with van der Waals surface area (Å²) in [5, 5.41) is 8.64. The van der Waals surface area contributed by atoms with Crippen molar-refractivity contribution in [2.45, 2.75) is 83.0 Å². The third-order valence-electron chi connectivity index (χ3n) is 7.53. The first kappa shape index (κ1) is 26.3. The van der Waals surface area contributed by atoms with E-state index >= 15 is 0 Å². The molecule has 4 rings (SSSR count). The van der Waals surface area contributed by atoms with E-state index in [1.165, 1.54) is 32.1 Å². The van der Waals surface area contributed by atoms with E-state index in [4.69, 9.17) is 9.47 Å². The van der Waals surface area contributed by atoms with E-state index in [0.717, 1.165) is 19.4 Å². The lowest BCUT2D eigenvalue weighted by Gasteiger charge is -2.42. The Labute approximate surface area is 213 Å². The van der Waals surface area contributed by atoms with E-state index in [1.54, 1.807) is 30.1 Å². The summed E-state index contributed by atoms with van der Waals surface area (Å²) in [7, 11) is 1.78. The molecule has 0 spiro atoms. The number of rotatable bonds is 7. The Hall–Kier alpha value is -2.81. The van der Waals surface area contributed by atoms with E-state index in [9.17, 15) is 14.4 Å². The highest BCUT2D eigenvalue weighted by Gasteiger charge is 2.39. The van der Waals surface area contributed by atoms with Gasteiger partial charge >= 0.3 is 6.03 Å². The lowest BCUT2D eigenvalue weighted by Crippen LogP contribution is -2.54. The molecular formula is C27H40N4O5. The van der Waals surface area contributed by atoms with Crippen LogP contribution in [-0.2, 0) is 9.53 Å². The normalized spacial score (nSPS) is 24.4. The zero-order chi connectivity index (χ0) is 25.5. The average Bonchev–Trinajstić information content (AvgIpc) is 2.89. The molecule has 1 saturated carbocycles. The van der Waals surface area contributed by atoms with Crippen LogP contribution < -0.4 is 20.7 Å². The minimum Gasteiger partial charge on any atom is -0.490 e. The Kier molecular flexibility index (Phi) is 9.07. The largest absolute Gasteiger partial charge is 0.490 e. The number of fused-ring (bicyclic) bond motifs is 2. The Bertz CT molecular complexity index is 933. The topological polar surface area (TPSA) is 109 Å². The van der Waals surface area contributed by atoms with Gasteiger partial charge in [-0.1, -0.05) is 26.2 Å². The zero-order valence-corrected chi connectivity index (χ0v) is 21.5. The number of nitrogens with one attached hydrogen (secondary N) is 3. The summed E-state index contributed by atoms with van der Waals surface area (Å²) < 4.78 is 12.3. The van der Waals surface area contributed by atoms with Crippen LogP contribution in [0.3, 0.4) is 0 Å². The van der Waals surface area contributed by atoms with Crippen LogP contribution in [0.15, 0.2) is 18.2 Å². The number of benzene rings is 1. The maximum Gasteiger partial charge on any atom is 0.319 e. The number of hydrogen-bond acceptors (Lipinski definition) is 5. The van der Waals surface area contributed by atoms with Gasteiger partial charge in [-0.05, 0) is 56.2 Å². The summed E-state index contributed by atoms with van der Waals surface area (Å²) in [6.07, 6.45) is 8.36. The van der Waals surface area contributed by atoms with Crippen LogP contribution in [0.5, 0.6) is 5.75 Å². The molecule has 3 N–H and O–H groups in total. The number of anilines is 1. The molecule has 9 nitrogen and oxygen atoms in total. The van der Waals surface area contributed by atoms with E-state index in [0.29, 0.717) is 48.9 Å². The number of carbonyl (C=O) groups is 3. The van der Waals surface area contributed by atoms with Crippen molar-refractivity contribution in [1.82, 2.24) is 15.5 Å². The second-order valence-electron chi connectivity index (χ2n) is 10.3. The van der Waals surface area contributed by atoms with Gasteiger partial charge < -0.3 is 30.3 Å². The van der Waals surface area contributed by atoms with Crippen molar-refractivity contribution in [3.05, 3.63) is 23.8 Å². The van der Waals surface area contributed by atoms with E-state index < -0.39 is 0 Å². The molecule has 2 heterocycles. The maximum atomic E-state index is 13.3. The van der Waals surface area contributed by atoms with Crippen molar-refractivity contribution in [2.75, 3.05) is 32.1 Å². The standard InChI is InChI=1S/C27H40N4O5/c1-3-13-28-27(34)30-19-9-12-23-21(14-19)26(33)31(2)22-11-10-20(36-24(22)17-35-23)15-25(32)29-16-18-7-5-4-6-8-18/h9,12,14,18,20,22,24H,3-8,10-11,13,15-17H2,1-2H3,(H,29,32)(H2,28,30,34)/t20-,22+,24-/m1/s1. The fraction of sp³-hybridized carbons (Fsp3) is 0.667. The predicted octanol–water partition coefficient (Wildman–Crippen LogP) is 3.69. The van der Waals surface area contributed by atoms with Crippen LogP contribution in [0.2, 0.25) is 0 Å². The minimum atomic E-state index is -0.311. The first-order chi connectivity index (χ1) is 17.4. The molecule has 4 amide bonds. The van der Waals surface area contributed by atoms with Gasteiger partial charge in [-0.2, -0.15) is 0 Å². The molecule has 0 unspecified atom stereocenters. The summed E-state index contributed by atoms with van der Waals surface area (Å²) in [6, 6.07) is 4.63. The lowest BCUT2D eigenvalue weighted by atomic mass is 9.89. The summed E-state index contributed by atoms with van der Waals surface area (Å²) in [6.45, 7) is 3.60. The van der Waals surface area contributed by atoms with E-state index in [-0.39, 0.29) is 36.1 Å². The van der Waals surface area contributed by atoms with Crippen LogP contribution in [0.1, 0.15) is 75.1 Å². The molecule has 36 heavy (non-hydrogen) atoms. The SMILES string of the molecule is CCCNC(=O)Nc1ccc2c(c1)C(=O)N(C)[C@H]1CC[C@H](CC(=O)NCC3CCCCC3)O[C@@H]1CO2. The fourth-order valence-electron chi connectivity index (χ4n) is 5.45. The molecule has 1 saturated heterocycles. The quantitative estimate of drug-likeness (QED) is 0.529. The van der Waals surface area contributed by atoms with Crippen LogP contribution in [0.25, 0.3) is 0 Å². The van der Waals surface area contributed by atoms with Gasteiger partial charge in [-0.25, -0.2) is 4.79 Å². The van der Waals surface area contributed by atoms with E-state index in [2.05, 4.69) is 16.0 Å². The van der Waals surface area contributed by atoms with Crippen molar-refractivity contribution < 1.29 is 23.9 Å². The Morgan fingerprint density at radius 3 is 2.67 bits per heavy atom. The van der Waals surface area contributed by atoms with Gasteiger partial charge in [0.25, 0.3) is 5.91 Å². The molecule has 1 aromatic carbocycles. The van der Waals surface area contributed by atoms with Crippen LogP contribution in [0, 0.1) is 5.92 Å². The average molecular weight is 501 g/mol. The second-order valence-corrected chi connectivity index (χ2v) is 10.3. The summed E-state index contributed by atoms with van der Waals surface area (Å²) in [4.78, 5) is 39.7. The number of likely N-dealkylation sites (N-methyl/N-ethyl adjacent to an activating group) is 1. The smallest absolute Gasteiger partial charge is 0.319 e. The van der Waals surface area contributed by atoms with Crippen molar-refractivity contribution in [3.8, 4) is 5.75 Å². The van der Waals surface area contributed by atoms with Crippen molar-refractivity contribution >= 4 is 23.5 Å². The molecular weight excluding hydrogens is 460 g/mol. The van der Waals surface area contributed by atoms with Gasteiger partial charge in [0.2, 0.25) is 5.91 Å². The van der Waals surface area contributed by atoms with Crippen molar-refractivity contribution in [2.24, 2.45) is 5.92 Å². The molecule has 0 radical (unpaired) electrons. The monoisotopic (exact) mass is 500 g/mol. The number of nitrogens with zero attached hydrogens (tertiary/aromatic N) is 1. The molecule has 1 aliphatic carbocycles. The maximum absolute atomic E-state index is 13.3. The molecule has 0 aromatic heterocycles. The van der Waals surface area contributed by atoms with Gasteiger partial charge in [0.15, 0.2) is 0 Å². The second kappa shape index (κ2) is 12.4. The Morgan fingerprint density at radius 1 is 1.08 bits per heavy atom. The summed E-state index contributed by atoms with van der Waals surface area (Å²) in [5.41, 5.74) is 0.942. The van der Waals surface area contributed by atoms with Gasteiger partial charge in [0.1, 0.15) is 18.5 Å². The zero-order valence-electron chi connectivity index (χ0n) is 21.5. The molecule has 9 heteroatoms. The predicted molar refractivity (Wildman–Crippen MR) is 137 cm³/mol.